The molecule has 5 nitrogen and oxygen atoms in total. The Morgan fingerprint density at radius 1 is 1.25 bits per heavy atom. The van der Waals surface area contributed by atoms with Gasteiger partial charge in [0.05, 0.1) is 11.6 Å². The Hall–Kier alpha value is -3.48. The number of nitrogens with one attached hydrogen (secondary N) is 2. The fourth-order valence-electron chi connectivity index (χ4n) is 3.11. The number of hydrogen-bond donors (Lipinski definition) is 2. The number of para-hydroxylation sites is 1. The zero-order chi connectivity index (χ0) is 20.3. The van der Waals surface area contributed by atoms with E-state index in [1.165, 1.54) is 17.0 Å². The third kappa shape index (κ3) is 3.78. The standard InChI is InChI=1S/C21H19F2N3O2/c1-3-11-26-13(2)18(20(27)24-15-7-5-4-6-8-15)19(25-21(26)28)16-10-9-14(22)12-17(16)23/h3-10,12,19H,1,11H2,2H3,(H,24,27)(H,25,28)/t19-/m0/s1. The van der Waals surface area contributed by atoms with Gasteiger partial charge in [0.1, 0.15) is 11.6 Å². The minimum Gasteiger partial charge on any atom is -0.326 e. The SMILES string of the molecule is C=CCN1C(=O)N[C@@H](c2ccc(F)cc2F)C(C(=O)Nc2ccccc2)=C1C. The van der Waals surface area contributed by atoms with E-state index in [1.54, 1.807) is 31.2 Å². The lowest BCUT2D eigenvalue weighted by Gasteiger charge is -2.35. The topological polar surface area (TPSA) is 61.4 Å². The highest BCUT2D eigenvalue weighted by molar-refractivity contribution is 6.06. The van der Waals surface area contributed by atoms with Crippen LogP contribution in [-0.4, -0.2) is 23.4 Å². The first kappa shape index (κ1) is 19.3. The smallest absolute Gasteiger partial charge is 0.322 e. The first-order chi connectivity index (χ1) is 13.4. The number of urea groups is 1. The van der Waals surface area contributed by atoms with Gasteiger partial charge in [0.2, 0.25) is 0 Å². The average molecular weight is 383 g/mol. The van der Waals surface area contributed by atoms with Gasteiger partial charge in [-0.05, 0) is 25.1 Å². The van der Waals surface area contributed by atoms with Crippen LogP contribution in [0.5, 0.6) is 0 Å². The van der Waals surface area contributed by atoms with Gasteiger partial charge in [-0.2, -0.15) is 0 Å². The van der Waals surface area contributed by atoms with Crippen molar-refractivity contribution in [3.8, 4) is 0 Å². The molecule has 0 bridgehead atoms. The van der Waals surface area contributed by atoms with Gasteiger partial charge in [-0.3, -0.25) is 9.69 Å². The van der Waals surface area contributed by atoms with Crippen molar-refractivity contribution in [1.29, 1.82) is 0 Å². The molecule has 3 amide bonds. The van der Waals surface area contributed by atoms with Gasteiger partial charge in [-0.25, -0.2) is 13.6 Å². The maximum atomic E-state index is 14.4. The molecule has 2 aromatic carbocycles. The van der Waals surface area contributed by atoms with Crippen LogP contribution in [0, 0.1) is 11.6 Å². The van der Waals surface area contributed by atoms with Crippen molar-refractivity contribution < 1.29 is 18.4 Å². The molecule has 0 radical (unpaired) electrons. The quantitative estimate of drug-likeness (QED) is 0.763. The summed E-state index contributed by atoms with van der Waals surface area (Å²) in [6.45, 7) is 5.40. The van der Waals surface area contributed by atoms with E-state index in [-0.39, 0.29) is 17.7 Å². The number of rotatable bonds is 5. The Bertz CT molecular complexity index is 957. The molecule has 2 aromatic rings. The van der Waals surface area contributed by atoms with Gasteiger partial charge in [0.15, 0.2) is 0 Å². The number of nitrogens with zero attached hydrogens (tertiary/aromatic N) is 1. The Kier molecular flexibility index (Phi) is 5.54. The molecule has 1 heterocycles. The van der Waals surface area contributed by atoms with Gasteiger partial charge in [0, 0.05) is 29.6 Å². The third-order valence-corrected chi connectivity index (χ3v) is 4.46. The van der Waals surface area contributed by atoms with Gasteiger partial charge in [-0.15, -0.1) is 6.58 Å². The van der Waals surface area contributed by atoms with Crippen molar-refractivity contribution in [2.24, 2.45) is 0 Å². The second-order valence-corrected chi connectivity index (χ2v) is 6.27. The first-order valence-electron chi connectivity index (χ1n) is 8.63. The third-order valence-electron chi connectivity index (χ3n) is 4.46. The molecule has 28 heavy (non-hydrogen) atoms. The predicted octanol–water partition coefficient (Wildman–Crippen LogP) is 4.13. The summed E-state index contributed by atoms with van der Waals surface area (Å²) in [4.78, 5) is 26.9. The lowest BCUT2D eigenvalue weighted by molar-refractivity contribution is -0.113. The van der Waals surface area contributed by atoms with Crippen molar-refractivity contribution >= 4 is 17.6 Å². The maximum Gasteiger partial charge on any atom is 0.322 e. The number of carbonyl (C=O) groups is 2. The highest BCUT2D eigenvalue weighted by Gasteiger charge is 2.36. The van der Waals surface area contributed by atoms with Gasteiger partial charge < -0.3 is 10.6 Å². The van der Waals surface area contributed by atoms with Crippen LogP contribution >= 0.6 is 0 Å². The maximum absolute atomic E-state index is 14.4. The zero-order valence-corrected chi connectivity index (χ0v) is 15.2. The van der Waals surface area contributed by atoms with Gasteiger partial charge >= 0.3 is 6.03 Å². The Morgan fingerprint density at radius 3 is 2.61 bits per heavy atom. The summed E-state index contributed by atoms with van der Waals surface area (Å²) in [6, 6.07) is 10.2. The van der Waals surface area contributed by atoms with E-state index >= 15 is 0 Å². The number of anilines is 1. The molecule has 0 saturated heterocycles. The Labute approximate surface area is 161 Å². The van der Waals surface area contributed by atoms with Gasteiger partial charge in [-0.1, -0.05) is 30.3 Å². The normalized spacial score (nSPS) is 16.6. The van der Waals surface area contributed by atoms with Crippen LogP contribution in [0.1, 0.15) is 18.5 Å². The second kappa shape index (κ2) is 8.04. The summed E-state index contributed by atoms with van der Waals surface area (Å²) in [7, 11) is 0. The van der Waals surface area contributed by atoms with Crippen LogP contribution in [0.2, 0.25) is 0 Å². The summed E-state index contributed by atoms with van der Waals surface area (Å²) in [5.41, 5.74) is 1.09. The van der Waals surface area contributed by atoms with E-state index in [2.05, 4.69) is 17.2 Å². The molecule has 2 N–H and O–H groups in total. The number of hydrogen-bond acceptors (Lipinski definition) is 2. The monoisotopic (exact) mass is 383 g/mol. The van der Waals surface area contributed by atoms with E-state index in [4.69, 9.17) is 0 Å². The molecule has 0 spiro atoms. The van der Waals surface area contributed by atoms with Crippen LogP contribution in [0.4, 0.5) is 19.3 Å². The van der Waals surface area contributed by atoms with Crippen molar-refractivity contribution in [3.05, 3.63) is 89.7 Å². The van der Waals surface area contributed by atoms with Crippen LogP contribution < -0.4 is 10.6 Å². The number of allylic oxidation sites excluding steroid dienone is 1. The Morgan fingerprint density at radius 2 is 1.96 bits per heavy atom. The second-order valence-electron chi connectivity index (χ2n) is 6.27. The fraction of sp³-hybridized carbons (Fsp3) is 0.143. The molecule has 7 heteroatoms. The molecule has 1 aliphatic heterocycles. The van der Waals surface area contributed by atoms with Crippen molar-refractivity contribution in [3.63, 3.8) is 0 Å². The van der Waals surface area contributed by atoms with Crippen molar-refractivity contribution in [1.82, 2.24) is 10.2 Å². The van der Waals surface area contributed by atoms with Crippen molar-refractivity contribution in [2.75, 3.05) is 11.9 Å². The Balaban J connectivity index is 2.07. The lowest BCUT2D eigenvalue weighted by Crippen LogP contribution is -2.48. The summed E-state index contributed by atoms with van der Waals surface area (Å²) in [6.07, 6.45) is 1.52. The lowest BCUT2D eigenvalue weighted by atomic mass is 9.93. The first-order valence-corrected chi connectivity index (χ1v) is 8.63. The molecule has 1 aliphatic rings. The summed E-state index contributed by atoms with van der Waals surface area (Å²) >= 11 is 0. The van der Waals surface area contributed by atoms with E-state index in [0.29, 0.717) is 11.4 Å². The van der Waals surface area contributed by atoms with Crippen LogP contribution in [0.25, 0.3) is 0 Å². The highest BCUT2D eigenvalue weighted by Crippen LogP contribution is 2.32. The van der Waals surface area contributed by atoms with E-state index < -0.39 is 29.6 Å². The van der Waals surface area contributed by atoms with Gasteiger partial charge in [0.25, 0.3) is 5.91 Å². The molecule has 0 unspecified atom stereocenters. The largest absolute Gasteiger partial charge is 0.326 e. The minimum atomic E-state index is -1.06. The highest BCUT2D eigenvalue weighted by atomic mass is 19.1. The molecule has 0 aliphatic carbocycles. The molecule has 0 fully saturated rings. The minimum absolute atomic E-state index is 0.00515. The number of halogens is 2. The average Bonchev–Trinajstić information content (AvgIpc) is 2.65. The summed E-state index contributed by atoms with van der Waals surface area (Å²) < 4.78 is 27.8. The molecular weight excluding hydrogens is 364 g/mol. The molecule has 3 rings (SSSR count). The van der Waals surface area contributed by atoms with E-state index in [9.17, 15) is 18.4 Å². The molecule has 1 atom stereocenters. The number of benzene rings is 2. The molecule has 0 saturated carbocycles. The van der Waals surface area contributed by atoms with Crippen LogP contribution in [-0.2, 0) is 4.79 Å². The van der Waals surface area contributed by atoms with Crippen LogP contribution in [0.15, 0.2) is 72.5 Å². The molecular formula is C21H19F2N3O2. The molecule has 144 valence electrons. The number of carbonyl (C=O) groups excluding carboxylic acids is 2. The van der Waals surface area contributed by atoms with Crippen LogP contribution in [0.3, 0.4) is 0 Å². The zero-order valence-electron chi connectivity index (χ0n) is 15.2. The predicted molar refractivity (Wildman–Crippen MR) is 102 cm³/mol. The number of amides is 3. The fourth-order valence-corrected chi connectivity index (χ4v) is 3.11. The summed E-state index contributed by atoms with van der Waals surface area (Å²) in [5.74, 6) is -2.08. The summed E-state index contributed by atoms with van der Waals surface area (Å²) in [5, 5.41) is 5.39. The van der Waals surface area contributed by atoms with Crippen molar-refractivity contribution in [2.45, 2.75) is 13.0 Å². The van der Waals surface area contributed by atoms with E-state index in [1.807, 2.05) is 6.07 Å². The molecule has 0 aromatic heterocycles. The van der Waals surface area contributed by atoms with E-state index in [0.717, 1.165) is 12.1 Å².